The maximum Gasteiger partial charge on any atom is 0.142 e. The van der Waals surface area contributed by atoms with Crippen molar-refractivity contribution < 1.29 is 5.11 Å². The number of aryl methyl sites for hydroxylation is 1. The van der Waals surface area contributed by atoms with Crippen molar-refractivity contribution in [1.29, 1.82) is 0 Å². The summed E-state index contributed by atoms with van der Waals surface area (Å²) in [5.74, 6) is 1.20. The first-order chi connectivity index (χ1) is 14.1. The van der Waals surface area contributed by atoms with E-state index < -0.39 is 6.10 Å². The van der Waals surface area contributed by atoms with Gasteiger partial charge in [0.1, 0.15) is 11.9 Å². The summed E-state index contributed by atoms with van der Waals surface area (Å²) in [7, 11) is 1.92. The van der Waals surface area contributed by atoms with E-state index >= 15 is 0 Å². The minimum Gasteiger partial charge on any atom is -0.380 e. The number of aliphatic hydroxyl groups excluding tert-OH is 1. The molecule has 0 bridgehead atoms. The fraction of sp³-hybridized carbons (Fsp3) is 0.375. The third-order valence-corrected chi connectivity index (χ3v) is 5.95. The van der Waals surface area contributed by atoms with Gasteiger partial charge < -0.3 is 14.6 Å². The molecule has 2 atom stereocenters. The fourth-order valence-corrected chi connectivity index (χ4v) is 4.23. The van der Waals surface area contributed by atoms with E-state index in [0.29, 0.717) is 11.7 Å². The third kappa shape index (κ3) is 4.36. The molecule has 29 heavy (non-hydrogen) atoms. The molecule has 3 aromatic rings. The lowest BCUT2D eigenvalue weighted by atomic mass is 10.0. The van der Waals surface area contributed by atoms with Crippen LogP contribution >= 0.6 is 0 Å². The fourth-order valence-electron chi connectivity index (χ4n) is 4.23. The van der Waals surface area contributed by atoms with Gasteiger partial charge in [-0.05, 0) is 17.5 Å². The summed E-state index contributed by atoms with van der Waals surface area (Å²) < 4.78 is 1.88. The minimum absolute atomic E-state index is 0.528. The van der Waals surface area contributed by atoms with E-state index in [1.165, 1.54) is 5.56 Å². The Balaban J connectivity index is 1.42. The number of anilines is 1. The lowest BCUT2D eigenvalue weighted by Gasteiger charge is -2.38. The second-order valence-electron chi connectivity index (χ2n) is 7.96. The largest absolute Gasteiger partial charge is 0.380 e. The highest BCUT2D eigenvalue weighted by Crippen LogP contribution is 2.30. The number of para-hydroxylation sites is 1. The SMILES string of the molecule is C[C@H](CN1CCN(c2ccccc2[C@H](O)c2nccn2C)CC1)c1ccccc1. The molecule has 0 spiro atoms. The second-order valence-corrected chi connectivity index (χ2v) is 7.96. The van der Waals surface area contributed by atoms with Crippen molar-refractivity contribution in [2.75, 3.05) is 37.6 Å². The number of rotatable bonds is 6. The molecule has 5 nitrogen and oxygen atoms in total. The molecule has 1 aliphatic rings. The van der Waals surface area contributed by atoms with Gasteiger partial charge in [-0.15, -0.1) is 0 Å². The first kappa shape index (κ1) is 19.7. The number of benzene rings is 2. The van der Waals surface area contributed by atoms with Crippen molar-refractivity contribution in [3.63, 3.8) is 0 Å². The summed E-state index contributed by atoms with van der Waals surface area (Å²) in [6.45, 7) is 7.38. The van der Waals surface area contributed by atoms with Crippen LogP contribution in [0, 0.1) is 0 Å². The average Bonchev–Trinajstić information content (AvgIpc) is 3.20. The molecule has 0 aliphatic carbocycles. The molecule has 0 radical (unpaired) electrons. The Morgan fingerprint density at radius 2 is 1.66 bits per heavy atom. The molecule has 4 rings (SSSR count). The molecule has 1 aliphatic heterocycles. The van der Waals surface area contributed by atoms with Crippen LogP contribution in [0.4, 0.5) is 5.69 Å². The van der Waals surface area contributed by atoms with E-state index in [2.05, 4.69) is 58.1 Å². The van der Waals surface area contributed by atoms with Crippen LogP contribution in [-0.4, -0.2) is 52.3 Å². The molecular weight excluding hydrogens is 360 g/mol. The van der Waals surface area contributed by atoms with Crippen LogP contribution in [0.1, 0.15) is 35.9 Å². The molecule has 1 saturated heterocycles. The van der Waals surface area contributed by atoms with Gasteiger partial charge in [-0.1, -0.05) is 55.5 Å². The predicted molar refractivity (Wildman–Crippen MR) is 117 cm³/mol. The van der Waals surface area contributed by atoms with E-state index in [4.69, 9.17) is 0 Å². The summed E-state index contributed by atoms with van der Waals surface area (Å²) >= 11 is 0. The minimum atomic E-state index is -0.720. The molecule has 1 fully saturated rings. The Hall–Kier alpha value is -2.63. The highest BCUT2D eigenvalue weighted by molar-refractivity contribution is 5.56. The van der Waals surface area contributed by atoms with Gasteiger partial charge in [0, 0.05) is 63.4 Å². The molecule has 5 heteroatoms. The van der Waals surface area contributed by atoms with E-state index in [9.17, 15) is 5.11 Å². The standard InChI is InChI=1S/C24H30N4O/c1-19(20-8-4-3-5-9-20)18-27-14-16-28(17-15-27)22-11-7-6-10-21(22)23(29)24-25-12-13-26(24)2/h3-13,19,23,29H,14-18H2,1-2H3/t19-,23+/m1/s1. The Morgan fingerprint density at radius 1 is 0.966 bits per heavy atom. The monoisotopic (exact) mass is 390 g/mol. The Bertz CT molecular complexity index is 915. The Labute approximate surface area is 173 Å². The molecule has 1 N–H and O–H groups in total. The molecule has 0 unspecified atom stereocenters. The van der Waals surface area contributed by atoms with Crippen molar-refractivity contribution in [2.24, 2.45) is 7.05 Å². The average molecular weight is 391 g/mol. The quantitative estimate of drug-likeness (QED) is 0.700. The predicted octanol–water partition coefficient (Wildman–Crippen LogP) is 3.43. The van der Waals surface area contributed by atoms with Crippen molar-refractivity contribution in [3.05, 3.63) is 83.9 Å². The van der Waals surface area contributed by atoms with Crippen LogP contribution in [-0.2, 0) is 7.05 Å². The van der Waals surface area contributed by atoms with Crippen molar-refractivity contribution >= 4 is 5.69 Å². The number of piperazine rings is 1. The van der Waals surface area contributed by atoms with Crippen molar-refractivity contribution in [1.82, 2.24) is 14.5 Å². The first-order valence-electron chi connectivity index (χ1n) is 10.4. The maximum atomic E-state index is 10.9. The van der Waals surface area contributed by atoms with Gasteiger partial charge in [-0.25, -0.2) is 4.98 Å². The number of aromatic nitrogens is 2. The van der Waals surface area contributed by atoms with Gasteiger partial charge >= 0.3 is 0 Å². The van der Waals surface area contributed by atoms with Gasteiger partial charge in [-0.2, -0.15) is 0 Å². The molecule has 2 heterocycles. The van der Waals surface area contributed by atoms with Gasteiger partial charge in [0.25, 0.3) is 0 Å². The summed E-state index contributed by atoms with van der Waals surface area (Å²) in [5, 5.41) is 10.9. The lowest BCUT2D eigenvalue weighted by Crippen LogP contribution is -2.47. The number of hydrogen-bond donors (Lipinski definition) is 1. The van der Waals surface area contributed by atoms with Crippen LogP contribution < -0.4 is 4.90 Å². The van der Waals surface area contributed by atoms with Gasteiger partial charge in [0.15, 0.2) is 0 Å². The maximum absolute atomic E-state index is 10.9. The van der Waals surface area contributed by atoms with E-state index in [1.807, 2.05) is 36.0 Å². The van der Waals surface area contributed by atoms with E-state index in [1.54, 1.807) is 6.20 Å². The van der Waals surface area contributed by atoms with Crippen LogP contribution in [0.15, 0.2) is 67.0 Å². The van der Waals surface area contributed by atoms with Gasteiger partial charge in [-0.3, -0.25) is 4.90 Å². The van der Waals surface area contributed by atoms with Crippen LogP contribution in [0.25, 0.3) is 0 Å². The number of nitrogens with zero attached hydrogens (tertiary/aromatic N) is 4. The summed E-state index contributed by atoms with van der Waals surface area (Å²) in [5.41, 5.74) is 3.44. The number of aliphatic hydroxyl groups is 1. The zero-order valence-electron chi connectivity index (χ0n) is 17.3. The normalized spacial score (nSPS) is 17.3. The molecule has 2 aromatic carbocycles. The first-order valence-corrected chi connectivity index (χ1v) is 10.4. The molecular formula is C24H30N4O. The summed E-state index contributed by atoms with van der Waals surface area (Å²) in [6.07, 6.45) is 2.88. The van der Waals surface area contributed by atoms with Gasteiger partial charge in [0.05, 0.1) is 0 Å². The van der Waals surface area contributed by atoms with E-state index in [-0.39, 0.29) is 0 Å². The lowest BCUT2D eigenvalue weighted by molar-refractivity contribution is 0.205. The van der Waals surface area contributed by atoms with Crippen molar-refractivity contribution in [2.45, 2.75) is 18.9 Å². The number of imidazole rings is 1. The highest BCUT2D eigenvalue weighted by Gasteiger charge is 2.24. The van der Waals surface area contributed by atoms with E-state index in [0.717, 1.165) is 44.0 Å². The second kappa shape index (κ2) is 8.80. The summed E-state index contributed by atoms with van der Waals surface area (Å²) in [4.78, 5) is 9.28. The molecule has 0 amide bonds. The number of hydrogen-bond acceptors (Lipinski definition) is 4. The van der Waals surface area contributed by atoms with Crippen LogP contribution in [0.5, 0.6) is 0 Å². The Morgan fingerprint density at radius 3 is 2.34 bits per heavy atom. The third-order valence-electron chi connectivity index (χ3n) is 5.95. The zero-order chi connectivity index (χ0) is 20.2. The Kier molecular flexibility index (Phi) is 5.97. The van der Waals surface area contributed by atoms with Crippen LogP contribution in [0.3, 0.4) is 0 Å². The molecule has 0 saturated carbocycles. The van der Waals surface area contributed by atoms with Gasteiger partial charge in [0.2, 0.25) is 0 Å². The van der Waals surface area contributed by atoms with Crippen LogP contribution in [0.2, 0.25) is 0 Å². The smallest absolute Gasteiger partial charge is 0.142 e. The van der Waals surface area contributed by atoms with Crippen molar-refractivity contribution in [3.8, 4) is 0 Å². The summed E-state index contributed by atoms with van der Waals surface area (Å²) in [6, 6.07) is 18.9. The topological polar surface area (TPSA) is 44.5 Å². The molecule has 1 aromatic heterocycles. The molecule has 152 valence electrons. The zero-order valence-corrected chi connectivity index (χ0v) is 17.3. The highest BCUT2D eigenvalue weighted by atomic mass is 16.3.